The second-order valence-corrected chi connectivity index (χ2v) is 3.70. The maximum atomic E-state index is 11.4. The van der Waals surface area contributed by atoms with Crippen LogP contribution in [0.3, 0.4) is 0 Å². The third kappa shape index (κ3) is 3.25. The number of amides is 1. The van der Waals surface area contributed by atoms with Gasteiger partial charge in [0.2, 0.25) is 5.91 Å². The average molecular weight is 202 g/mol. The van der Waals surface area contributed by atoms with Crippen molar-refractivity contribution < 1.29 is 14.6 Å². The van der Waals surface area contributed by atoms with Crippen molar-refractivity contribution in [3.05, 3.63) is 0 Å². The van der Waals surface area contributed by atoms with Gasteiger partial charge in [0.05, 0.1) is 25.9 Å². The van der Waals surface area contributed by atoms with Crippen LogP contribution < -0.4 is 0 Å². The molecule has 0 spiro atoms. The molecule has 1 heterocycles. The molecule has 0 aromatic heterocycles. The van der Waals surface area contributed by atoms with E-state index < -0.39 is 0 Å². The minimum absolute atomic E-state index is 0.0205. The van der Waals surface area contributed by atoms with Crippen LogP contribution in [0.15, 0.2) is 0 Å². The number of ether oxygens (including phenoxy) is 1. The first-order valence-corrected chi connectivity index (χ1v) is 4.78. The van der Waals surface area contributed by atoms with Crippen LogP contribution in [0.2, 0.25) is 0 Å². The van der Waals surface area contributed by atoms with Crippen LogP contribution in [-0.2, 0) is 9.53 Å². The Morgan fingerprint density at radius 1 is 1.64 bits per heavy atom. The number of aliphatic hydroxyl groups excluding tert-OH is 1. The molecule has 5 nitrogen and oxygen atoms in total. The molecule has 1 rings (SSSR count). The summed E-state index contributed by atoms with van der Waals surface area (Å²) in [5.41, 5.74) is 0. The lowest BCUT2D eigenvalue weighted by molar-refractivity contribution is -0.132. The molecule has 1 unspecified atom stereocenters. The van der Waals surface area contributed by atoms with Gasteiger partial charge in [-0.3, -0.25) is 9.69 Å². The number of rotatable bonds is 3. The van der Waals surface area contributed by atoms with Crippen LogP contribution in [0.4, 0.5) is 0 Å². The lowest BCUT2D eigenvalue weighted by Crippen LogP contribution is -2.47. The number of hydrogen-bond acceptors (Lipinski definition) is 4. The molecule has 0 bridgehead atoms. The van der Waals surface area contributed by atoms with Crippen LogP contribution >= 0.6 is 0 Å². The Labute approximate surface area is 84.2 Å². The molecule has 14 heavy (non-hydrogen) atoms. The number of carbonyl (C=O) groups excluding carboxylic acids is 1. The smallest absolute Gasteiger partial charge is 0.236 e. The van der Waals surface area contributed by atoms with E-state index >= 15 is 0 Å². The van der Waals surface area contributed by atoms with Crippen LogP contribution in [0.25, 0.3) is 0 Å². The fourth-order valence-electron chi connectivity index (χ4n) is 1.37. The summed E-state index contributed by atoms with van der Waals surface area (Å²) in [6, 6.07) is 0. The van der Waals surface area contributed by atoms with Gasteiger partial charge in [0.1, 0.15) is 0 Å². The number of likely N-dealkylation sites (N-methyl/N-ethyl adjacent to an activating group) is 1. The third-order valence-corrected chi connectivity index (χ3v) is 2.28. The van der Waals surface area contributed by atoms with Gasteiger partial charge in [-0.15, -0.1) is 0 Å². The molecule has 1 amide bonds. The minimum atomic E-state index is -0.140. The van der Waals surface area contributed by atoms with Gasteiger partial charge in [0.25, 0.3) is 0 Å². The van der Waals surface area contributed by atoms with Crippen LogP contribution in [0.5, 0.6) is 0 Å². The number of hydrogen-bond donors (Lipinski definition) is 1. The fraction of sp³-hybridized carbons (Fsp3) is 0.889. The Bertz CT molecular complexity index is 196. The van der Waals surface area contributed by atoms with E-state index in [4.69, 9.17) is 9.84 Å². The molecule has 0 saturated carbocycles. The van der Waals surface area contributed by atoms with Crippen molar-refractivity contribution >= 4 is 5.91 Å². The summed E-state index contributed by atoms with van der Waals surface area (Å²) in [5, 5.41) is 8.91. The quantitative estimate of drug-likeness (QED) is 0.622. The Morgan fingerprint density at radius 2 is 2.36 bits per heavy atom. The summed E-state index contributed by atoms with van der Waals surface area (Å²) < 4.78 is 5.28. The van der Waals surface area contributed by atoms with Crippen molar-refractivity contribution in [2.24, 2.45) is 0 Å². The molecular weight excluding hydrogens is 184 g/mol. The average Bonchev–Trinajstić information content (AvgIpc) is 2.18. The lowest BCUT2D eigenvalue weighted by Gasteiger charge is -2.31. The van der Waals surface area contributed by atoms with Crippen LogP contribution in [-0.4, -0.2) is 73.9 Å². The third-order valence-electron chi connectivity index (χ3n) is 2.28. The highest BCUT2D eigenvalue weighted by atomic mass is 16.5. The van der Waals surface area contributed by atoms with E-state index in [0.29, 0.717) is 19.7 Å². The van der Waals surface area contributed by atoms with Crippen molar-refractivity contribution in [1.82, 2.24) is 9.80 Å². The first-order chi connectivity index (χ1) is 6.63. The molecule has 1 N–H and O–H groups in total. The Morgan fingerprint density at radius 3 is 2.93 bits per heavy atom. The van der Waals surface area contributed by atoms with Crippen LogP contribution in [0.1, 0.15) is 0 Å². The molecule has 82 valence electrons. The minimum Gasteiger partial charge on any atom is -0.394 e. The summed E-state index contributed by atoms with van der Waals surface area (Å²) in [4.78, 5) is 15.0. The zero-order valence-corrected chi connectivity index (χ0v) is 8.77. The van der Waals surface area contributed by atoms with Gasteiger partial charge in [0.15, 0.2) is 0 Å². The molecule has 1 saturated heterocycles. The highest BCUT2D eigenvalue weighted by molar-refractivity contribution is 5.77. The van der Waals surface area contributed by atoms with Crippen molar-refractivity contribution in [3.8, 4) is 0 Å². The standard InChI is InChI=1S/C9H18N2O3/c1-10(2)9(13)6-11-3-4-14-8(5-11)7-12/h8,12H,3-7H2,1-2H3. The number of nitrogens with zero attached hydrogens (tertiary/aromatic N) is 2. The van der Waals surface area contributed by atoms with Crippen LogP contribution in [0, 0.1) is 0 Å². The topological polar surface area (TPSA) is 53.0 Å². The number of carbonyl (C=O) groups is 1. The normalized spacial score (nSPS) is 23.5. The van der Waals surface area contributed by atoms with Gasteiger partial charge < -0.3 is 14.7 Å². The Kier molecular flexibility index (Phi) is 4.31. The van der Waals surface area contributed by atoms with E-state index in [1.54, 1.807) is 19.0 Å². The summed E-state index contributed by atoms with van der Waals surface area (Å²) >= 11 is 0. The van der Waals surface area contributed by atoms with Crippen molar-refractivity contribution in [2.75, 3.05) is 46.9 Å². The zero-order chi connectivity index (χ0) is 10.6. The monoisotopic (exact) mass is 202 g/mol. The van der Waals surface area contributed by atoms with E-state index in [2.05, 4.69) is 0 Å². The molecule has 0 aliphatic carbocycles. The SMILES string of the molecule is CN(C)C(=O)CN1CCOC(CO)C1. The van der Waals surface area contributed by atoms with E-state index in [1.807, 2.05) is 4.90 Å². The predicted molar refractivity (Wildman–Crippen MR) is 52.0 cm³/mol. The number of aliphatic hydroxyl groups is 1. The van der Waals surface area contributed by atoms with E-state index in [-0.39, 0.29) is 18.6 Å². The van der Waals surface area contributed by atoms with Gasteiger partial charge in [-0.25, -0.2) is 0 Å². The largest absolute Gasteiger partial charge is 0.394 e. The highest BCUT2D eigenvalue weighted by Crippen LogP contribution is 2.04. The first kappa shape index (κ1) is 11.4. The molecule has 1 aliphatic rings. The summed E-state index contributed by atoms with van der Waals surface area (Å²) in [6.07, 6.45) is -0.140. The number of morpholine rings is 1. The second-order valence-electron chi connectivity index (χ2n) is 3.70. The van der Waals surface area contributed by atoms with Gasteiger partial charge >= 0.3 is 0 Å². The van der Waals surface area contributed by atoms with Crippen molar-refractivity contribution in [2.45, 2.75) is 6.10 Å². The lowest BCUT2D eigenvalue weighted by atomic mass is 10.3. The summed E-state index contributed by atoms with van der Waals surface area (Å²) in [7, 11) is 3.48. The molecule has 0 aromatic rings. The van der Waals surface area contributed by atoms with E-state index in [1.165, 1.54) is 0 Å². The van der Waals surface area contributed by atoms with E-state index in [0.717, 1.165) is 6.54 Å². The molecule has 1 aliphatic heterocycles. The Balaban J connectivity index is 2.34. The zero-order valence-electron chi connectivity index (χ0n) is 8.77. The van der Waals surface area contributed by atoms with Crippen molar-refractivity contribution in [1.29, 1.82) is 0 Å². The van der Waals surface area contributed by atoms with Gasteiger partial charge in [-0.05, 0) is 0 Å². The summed E-state index contributed by atoms with van der Waals surface area (Å²) in [5.74, 6) is 0.0867. The molecule has 0 radical (unpaired) electrons. The molecule has 1 fully saturated rings. The van der Waals surface area contributed by atoms with Gasteiger partial charge in [0, 0.05) is 27.2 Å². The maximum absolute atomic E-state index is 11.4. The highest BCUT2D eigenvalue weighted by Gasteiger charge is 2.21. The second kappa shape index (κ2) is 5.29. The maximum Gasteiger partial charge on any atom is 0.236 e. The molecule has 5 heteroatoms. The van der Waals surface area contributed by atoms with Crippen molar-refractivity contribution in [3.63, 3.8) is 0 Å². The first-order valence-electron chi connectivity index (χ1n) is 4.78. The van der Waals surface area contributed by atoms with E-state index in [9.17, 15) is 4.79 Å². The molecule has 0 aromatic carbocycles. The Hall–Kier alpha value is -0.650. The molecular formula is C9H18N2O3. The fourth-order valence-corrected chi connectivity index (χ4v) is 1.37. The molecule has 1 atom stereocenters. The predicted octanol–water partition coefficient (Wildman–Crippen LogP) is -1.23. The van der Waals surface area contributed by atoms with Gasteiger partial charge in [-0.1, -0.05) is 0 Å². The van der Waals surface area contributed by atoms with Gasteiger partial charge in [-0.2, -0.15) is 0 Å². The summed E-state index contributed by atoms with van der Waals surface area (Å²) in [6.45, 7) is 2.41.